The fourth-order valence-corrected chi connectivity index (χ4v) is 2.47. The molecule has 2 atom stereocenters. The minimum atomic E-state index is -0.362. The van der Waals surface area contributed by atoms with E-state index in [2.05, 4.69) is 25.2 Å². The van der Waals surface area contributed by atoms with Crippen molar-refractivity contribution in [1.29, 1.82) is 0 Å². The van der Waals surface area contributed by atoms with Gasteiger partial charge in [0.1, 0.15) is 0 Å². The van der Waals surface area contributed by atoms with Crippen LogP contribution < -0.4 is 10.2 Å². The molecule has 8 heteroatoms. The van der Waals surface area contributed by atoms with Gasteiger partial charge in [-0.3, -0.25) is 0 Å². The average Bonchev–Trinajstić information content (AvgIpc) is 2.68. The number of likely N-dealkylation sites (N-methyl/N-ethyl adjacent to an activating group) is 1. The number of nitrogens with one attached hydrogen (secondary N) is 1. The van der Waals surface area contributed by atoms with Crippen LogP contribution in [0.3, 0.4) is 0 Å². The molecule has 2 unspecified atom stereocenters. The van der Waals surface area contributed by atoms with Crippen molar-refractivity contribution < 1.29 is 5.11 Å². The lowest BCUT2D eigenvalue weighted by atomic mass is 10.2. The summed E-state index contributed by atoms with van der Waals surface area (Å²) in [5.74, 6) is 0.938. The van der Waals surface area contributed by atoms with Gasteiger partial charge in [0.2, 0.25) is 17.2 Å². The highest BCUT2D eigenvalue weighted by Gasteiger charge is 2.33. The number of anilines is 2. The van der Waals surface area contributed by atoms with Crippen molar-refractivity contribution in [3.05, 3.63) is 5.28 Å². The molecule has 2 rings (SSSR count). The summed E-state index contributed by atoms with van der Waals surface area (Å²) < 4.78 is 0. The van der Waals surface area contributed by atoms with Crippen LogP contribution in [0.5, 0.6) is 0 Å². The van der Waals surface area contributed by atoms with Crippen LogP contribution in [0.15, 0.2) is 0 Å². The van der Waals surface area contributed by atoms with Crippen LogP contribution in [-0.4, -0.2) is 71.3 Å². The molecule has 1 saturated heterocycles. The van der Waals surface area contributed by atoms with E-state index in [1.807, 2.05) is 19.0 Å². The van der Waals surface area contributed by atoms with Crippen molar-refractivity contribution in [2.45, 2.75) is 18.6 Å². The van der Waals surface area contributed by atoms with Crippen LogP contribution in [0.25, 0.3) is 0 Å². The van der Waals surface area contributed by atoms with Crippen LogP contribution in [0, 0.1) is 0 Å². The Balaban J connectivity index is 2.25. The Morgan fingerprint density at radius 2 is 2.16 bits per heavy atom. The first-order chi connectivity index (χ1) is 8.99. The van der Waals surface area contributed by atoms with Gasteiger partial charge in [-0.2, -0.15) is 15.0 Å². The van der Waals surface area contributed by atoms with Crippen LogP contribution in [-0.2, 0) is 0 Å². The number of nitrogens with zero attached hydrogens (tertiary/aromatic N) is 5. The number of hydrogen-bond acceptors (Lipinski definition) is 7. The van der Waals surface area contributed by atoms with E-state index in [4.69, 9.17) is 11.6 Å². The lowest BCUT2D eigenvalue weighted by Gasteiger charge is -2.26. The Morgan fingerprint density at radius 1 is 1.42 bits per heavy atom. The molecule has 1 aromatic rings. The van der Waals surface area contributed by atoms with Crippen molar-refractivity contribution in [2.75, 3.05) is 44.4 Å². The highest BCUT2D eigenvalue weighted by atomic mass is 35.5. The Hall–Kier alpha value is -1.18. The molecular weight excluding hydrogens is 268 g/mol. The van der Waals surface area contributed by atoms with E-state index in [0.29, 0.717) is 24.9 Å². The van der Waals surface area contributed by atoms with Crippen LogP contribution in [0.4, 0.5) is 11.9 Å². The molecule has 1 fully saturated rings. The van der Waals surface area contributed by atoms with Crippen LogP contribution in [0.2, 0.25) is 5.28 Å². The molecule has 7 nitrogen and oxygen atoms in total. The average molecular weight is 287 g/mol. The summed E-state index contributed by atoms with van der Waals surface area (Å²) >= 11 is 5.90. The summed E-state index contributed by atoms with van der Waals surface area (Å²) in [6, 6.07) is 0.174. The molecule has 19 heavy (non-hydrogen) atoms. The monoisotopic (exact) mass is 286 g/mol. The maximum absolute atomic E-state index is 9.86. The van der Waals surface area contributed by atoms with Crippen LogP contribution >= 0.6 is 11.6 Å². The summed E-state index contributed by atoms with van der Waals surface area (Å²) in [6.45, 7) is 1.34. The minimum absolute atomic E-state index is 0.152. The fourth-order valence-electron chi connectivity index (χ4n) is 2.31. The van der Waals surface area contributed by atoms with Gasteiger partial charge in [-0.1, -0.05) is 0 Å². The summed E-state index contributed by atoms with van der Waals surface area (Å²) in [6.07, 6.45) is 0.342. The maximum atomic E-state index is 9.86. The zero-order valence-electron chi connectivity index (χ0n) is 11.3. The number of aliphatic hydroxyl groups is 1. The number of aliphatic hydroxyl groups excluding tert-OH is 1. The van der Waals surface area contributed by atoms with Gasteiger partial charge in [0.25, 0.3) is 0 Å². The molecule has 2 heterocycles. The smallest absolute Gasteiger partial charge is 0.231 e. The van der Waals surface area contributed by atoms with E-state index >= 15 is 0 Å². The molecule has 0 amide bonds. The molecule has 0 bridgehead atoms. The highest BCUT2D eigenvalue weighted by Crippen LogP contribution is 2.24. The third-order valence-electron chi connectivity index (χ3n) is 3.05. The predicted molar refractivity (Wildman–Crippen MR) is 74.7 cm³/mol. The topological polar surface area (TPSA) is 77.4 Å². The number of rotatable bonds is 4. The number of aromatic nitrogens is 3. The van der Waals surface area contributed by atoms with E-state index in [-0.39, 0.29) is 17.4 Å². The Labute approximate surface area is 117 Å². The highest BCUT2D eigenvalue weighted by molar-refractivity contribution is 6.28. The van der Waals surface area contributed by atoms with Gasteiger partial charge in [0, 0.05) is 26.2 Å². The number of hydrogen-bond donors (Lipinski definition) is 2. The first-order valence-electron chi connectivity index (χ1n) is 6.18. The lowest BCUT2D eigenvalue weighted by Crippen LogP contribution is -2.38. The lowest BCUT2D eigenvalue weighted by molar-refractivity contribution is 0.191. The molecule has 0 radical (unpaired) electrons. The molecule has 1 aromatic heterocycles. The Bertz CT molecular complexity index is 443. The van der Waals surface area contributed by atoms with Crippen molar-refractivity contribution in [3.63, 3.8) is 0 Å². The Kier molecular flexibility index (Phi) is 4.38. The molecule has 0 saturated carbocycles. The van der Waals surface area contributed by atoms with Gasteiger partial charge in [-0.25, -0.2) is 0 Å². The second-order valence-corrected chi connectivity index (χ2v) is 5.27. The third-order valence-corrected chi connectivity index (χ3v) is 3.21. The Morgan fingerprint density at radius 3 is 2.79 bits per heavy atom. The van der Waals surface area contributed by atoms with Gasteiger partial charge in [0.05, 0.1) is 6.10 Å². The molecular formula is C11H19ClN6O. The van der Waals surface area contributed by atoms with Crippen LogP contribution in [0.1, 0.15) is 6.42 Å². The normalized spacial score (nSPS) is 23.2. The summed E-state index contributed by atoms with van der Waals surface area (Å²) in [5, 5.41) is 12.9. The molecule has 106 valence electrons. The molecule has 0 aliphatic carbocycles. The fraction of sp³-hybridized carbons (Fsp3) is 0.727. The zero-order chi connectivity index (χ0) is 14.0. The quantitative estimate of drug-likeness (QED) is 0.811. The number of halogens is 1. The standard InChI is InChI=1S/C11H19ClN6O/c1-13-10-14-9(12)15-11(16-10)18-6-8(19)4-7(18)5-17(2)3/h7-8,19H,4-6H2,1-3H3,(H,13,14,15,16). The summed E-state index contributed by atoms with van der Waals surface area (Å²) in [4.78, 5) is 16.5. The first-order valence-corrected chi connectivity index (χ1v) is 6.56. The van der Waals surface area contributed by atoms with Gasteiger partial charge in [0.15, 0.2) is 0 Å². The van der Waals surface area contributed by atoms with Gasteiger partial charge in [-0.15, -0.1) is 0 Å². The molecule has 1 aliphatic heterocycles. The van der Waals surface area contributed by atoms with Gasteiger partial charge >= 0.3 is 0 Å². The van der Waals surface area contributed by atoms with Gasteiger partial charge < -0.3 is 20.2 Å². The molecule has 1 aliphatic rings. The van der Waals surface area contributed by atoms with Crippen molar-refractivity contribution in [1.82, 2.24) is 19.9 Å². The second-order valence-electron chi connectivity index (χ2n) is 4.94. The first kappa shape index (κ1) is 14.2. The van der Waals surface area contributed by atoms with E-state index in [0.717, 1.165) is 6.54 Å². The maximum Gasteiger partial charge on any atom is 0.231 e. The summed E-state index contributed by atoms with van der Waals surface area (Å²) in [7, 11) is 5.73. The number of β-amino-alcohol motifs (C(OH)–C–C–N with tert-alkyl or cyclic N) is 1. The van der Waals surface area contributed by atoms with E-state index in [1.165, 1.54) is 0 Å². The zero-order valence-corrected chi connectivity index (χ0v) is 12.1. The van der Waals surface area contributed by atoms with Gasteiger partial charge in [-0.05, 0) is 32.1 Å². The predicted octanol–water partition coefficient (Wildman–Crippen LogP) is 0.0679. The van der Waals surface area contributed by atoms with E-state index in [9.17, 15) is 5.11 Å². The largest absolute Gasteiger partial charge is 0.391 e. The molecule has 2 N–H and O–H groups in total. The SMILES string of the molecule is CNc1nc(Cl)nc(N2CC(O)CC2CN(C)C)n1. The van der Waals surface area contributed by atoms with E-state index in [1.54, 1.807) is 7.05 Å². The van der Waals surface area contributed by atoms with Crippen molar-refractivity contribution >= 4 is 23.5 Å². The molecule has 0 aromatic carbocycles. The third kappa shape index (κ3) is 3.43. The second kappa shape index (κ2) is 5.85. The minimum Gasteiger partial charge on any atom is -0.391 e. The van der Waals surface area contributed by atoms with E-state index < -0.39 is 0 Å². The van der Waals surface area contributed by atoms with Crippen molar-refractivity contribution in [2.24, 2.45) is 0 Å². The summed E-state index contributed by atoms with van der Waals surface area (Å²) in [5.41, 5.74) is 0. The van der Waals surface area contributed by atoms with Crippen molar-refractivity contribution in [3.8, 4) is 0 Å². The molecule has 0 spiro atoms.